The van der Waals surface area contributed by atoms with Crippen LogP contribution in [0.3, 0.4) is 0 Å². The van der Waals surface area contributed by atoms with Gasteiger partial charge in [0.2, 0.25) is 5.91 Å². The van der Waals surface area contributed by atoms with Crippen LogP contribution in [-0.2, 0) is 17.8 Å². The number of hydrogen-bond acceptors (Lipinski definition) is 3. The second-order valence-corrected chi connectivity index (χ2v) is 7.58. The standard InChI is InChI=1S/C19H21ClN4O2/c1-22(2)18(25)8-12-11-23(16-6-5-13(20)9-14(12)16)19(26)15-10-21-24-7-3-4-17(15)24/h5-6,9-10,12H,3-4,7-8,11H2,1-2H3. The van der Waals surface area contributed by atoms with Gasteiger partial charge in [-0.1, -0.05) is 11.6 Å². The molecule has 1 unspecified atom stereocenters. The molecule has 2 aromatic rings. The number of anilines is 1. The molecule has 1 aromatic heterocycles. The predicted molar refractivity (Wildman–Crippen MR) is 99.7 cm³/mol. The third-order valence-electron chi connectivity index (χ3n) is 5.25. The summed E-state index contributed by atoms with van der Waals surface area (Å²) >= 11 is 6.18. The monoisotopic (exact) mass is 372 g/mol. The summed E-state index contributed by atoms with van der Waals surface area (Å²) in [6, 6.07) is 5.54. The van der Waals surface area contributed by atoms with Gasteiger partial charge in [-0.2, -0.15) is 5.10 Å². The van der Waals surface area contributed by atoms with E-state index in [1.54, 1.807) is 36.2 Å². The second kappa shape index (κ2) is 6.43. The van der Waals surface area contributed by atoms with Crippen molar-refractivity contribution < 1.29 is 9.59 Å². The molecule has 0 bridgehead atoms. The Balaban J connectivity index is 1.67. The molecular formula is C19H21ClN4O2. The molecule has 4 rings (SSSR count). The number of halogens is 1. The van der Waals surface area contributed by atoms with Gasteiger partial charge in [0.25, 0.3) is 5.91 Å². The van der Waals surface area contributed by atoms with Gasteiger partial charge in [0.15, 0.2) is 0 Å². The number of aromatic nitrogens is 2. The summed E-state index contributed by atoms with van der Waals surface area (Å²) in [5.74, 6) is -0.0515. The molecule has 0 spiro atoms. The third-order valence-corrected chi connectivity index (χ3v) is 5.49. The Labute approximate surface area is 157 Å². The van der Waals surface area contributed by atoms with E-state index in [1.807, 2.05) is 16.8 Å². The maximum atomic E-state index is 13.2. The molecule has 0 saturated carbocycles. The zero-order chi connectivity index (χ0) is 18.4. The van der Waals surface area contributed by atoms with Crippen molar-refractivity contribution in [3.8, 4) is 0 Å². The van der Waals surface area contributed by atoms with Gasteiger partial charge in [0, 0.05) is 50.2 Å². The quantitative estimate of drug-likeness (QED) is 0.832. The van der Waals surface area contributed by atoms with Crippen LogP contribution in [0.2, 0.25) is 5.02 Å². The summed E-state index contributed by atoms with van der Waals surface area (Å²) < 4.78 is 1.92. The average molecular weight is 373 g/mol. The smallest absolute Gasteiger partial charge is 0.261 e. The molecule has 2 amide bonds. The topological polar surface area (TPSA) is 58.4 Å². The van der Waals surface area contributed by atoms with Crippen LogP contribution in [0, 0.1) is 0 Å². The molecule has 3 heterocycles. The lowest BCUT2D eigenvalue weighted by molar-refractivity contribution is -0.129. The Bertz CT molecular complexity index is 890. The Morgan fingerprint density at radius 1 is 1.35 bits per heavy atom. The van der Waals surface area contributed by atoms with Crippen molar-refractivity contribution in [2.24, 2.45) is 0 Å². The van der Waals surface area contributed by atoms with E-state index in [1.165, 1.54) is 0 Å². The predicted octanol–water partition coefficient (Wildman–Crippen LogP) is 2.71. The molecule has 26 heavy (non-hydrogen) atoms. The number of nitrogens with zero attached hydrogens (tertiary/aromatic N) is 4. The fraction of sp³-hybridized carbons (Fsp3) is 0.421. The SMILES string of the molecule is CN(C)C(=O)CC1CN(C(=O)c2cnn3c2CCC3)c2ccc(Cl)cc21. The van der Waals surface area contributed by atoms with Gasteiger partial charge in [-0.15, -0.1) is 0 Å². The number of carbonyl (C=O) groups is 2. The number of amides is 2. The highest BCUT2D eigenvalue weighted by molar-refractivity contribution is 6.30. The summed E-state index contributed by atoms with van der Waals surface area (Å²) in [4.78, 5) is 28.8. The van der Waals surface area contributed by atoms with Crippen LogP contribution in [-0.4, -0.2) is 47.1 Å². The summed E-state index contributed by atoms with van der Waals surface area (Å²) in [5, 5.41) is 4.95. The lowest BCUT2D eigenvalue weighted by atomic mass is 9.97. The molecule has 2 aliphatic rings. The van der Waals surface area contributed by atoms with Crippen molar-refractivity contribution in [2.45, 2.75) is 31.7 Å². The number of hydrogen-bond donors (Lipinski definition) is 0. The largest absolute Gasteiger partial charge is 0.349 e. The van der Waals surface area contributed by atoms with Crippen molar-refractivity contribution in [2.75, 3.05) is 25.5 Å². The second-order valence-electron chi connectivity index (χ2n) is 7.14. The Hall–Kier alpha value is -2.34. The molecule has 136 valence electrons. The number of rotatable bonds is 3. The number of fused-ring (bicyclic) bond motifs is 2. The van der Waals surface area contributed by atoms with Crippen LogP contribution in [0.1, 0.15) is 40.4 Å². The lowest BCUT2D eigenvalue weighted by Crippen LogP contribution is -2.31. The number of aryl methyl sites for hydroxylation is 1. The molecule has 2 aliphatic heterocycles. The minimum atomic E-state index is -0.0498. The van der Waals surface area contributed by atoms with Gasteiger partial charge in [-0.05, 0) is 36.6 Å². The first-order chi connectivity index (χ1) is 12.5. The van der Waals surface area contributed by atoms with E-state index in [2.05, 4.69) is 5.10 Å². The third kappa shape index (κ3) is 2.78. The van der Waals surface area contributed by atoms with E-state index in [0.29, 0.717) is 23.6 Å². The lowest BCUT2D eigenvalue weighted by Gasteiger charge is -2.18. The normalized spacial score (nSPS) is 18.0. The number of carbonyl (C=O) groups excluding carboxylic acids is 2. The van der Waals surface area contributed by atoms with Crippen LogP contribution < -0.4 is 4.90 Å². The van der Waals surface area contributed by atoms with E-state index in [0.717, 1.165) is 36.3 Å². The Morgan fingerprint density at radius 3 is 2.92 bits per heavy atom. The van der Waals surface area contributed by atoms with Crippen molar-refractivity contribution in [3.63, 3.8) is 0 Å². The van der Waals surface area contributed by atoms with E-state index in [-0.39, 0.29) is 17.7 Å². The van der Waals surface area contributed by atoms with Gasteiger partial charge < -0.3 is 9.80 Å². The van der Waals surface area contributed by atoms with E-state index < -0.39 is 0 Å². The molecule has 6 nitrogen and oxygen atoms in total. The van der Waals surface area contributed by atoms with Gasteiger partial charge in [-0.25, -0.2) is 0 Å². The fourth-order valence-corrected chi connectivity index (χ4v) is 4.04. The molecule has 0 N–H and O–H groups in total. The Morgan fingerprint density at radius 2 is 2.15 bits per heavy atom. The summed E-state index contributed by atoms with van der Waals surface area (Å²) in [6.07, 6.45) is 3.93. The highest BCUT2D eigenvalue weighted by Gasteiger charge is 2.36. The summed E-state index contributed by atoms with van der Waals surface area (Å²) in [5.41, 5.74) is 3.49. The van der Waals surface area contributed by atoms with Crippen molar-refractivity contribution in [3.05, 3.63) is 46.2 Å². The van der Waals surface area contributed by atoms with E-state index in [9.17, 15) is 9.59 Å². The highest BCUT2D eigenvalue weighted by atomic mass is 35.5. The van der Waals surface area contributed by atoms with Gasteiger partial charge in [-0.3, -0.25) is 14.3 Å². The molecule has 0 saturated heterocycles. The molecule has 0 fully saturated rings. The average Bonchev–Trinajstić information content (AvgIpc) is 3.28. The van der Waals surface area contributed by atoms with E-state index in [4.69, 9.17) is 11.6 Å². The first-order valence-electron chi connectivity index (χ1n) is 8.82. The molecular weight excluding hydrogens is 352 g/mol. The number of benzene rings is 1. The molecule has 0 radical (unpaired) electrons. The van der Waals surface area contributed by atoms with Crippen molar-refractivity contribution >= 4 is 29.1 Å². The zero-order valence-electron chi connectivity index (χ0n) is 14.9. The Kier molecular flexibility index (Phi) is 4.23. The van der Waals surface area contributed by atoms with Crippen LogP contribution in [0.15, 0.2) is 24.4 Å². The van der Waals surface area contributed by atoms with Crippen molar-refractivity contribution in [1.29, 1.82) is 0 Å². The fourth-order valence-electron chi connectivity index (χ4n) is 3.86. The van der Waals surface area contributed by atoms with Crippen LogP contribution >= 0.6 is 11.6 Å². The van der Waals surface area contributed by atoms with Crippen LogP contribution in [0.25, 0.3) is 0 Å². The maximum Gasteiger partial charge on any atom is 0.261 e. The minimum Gasteiger partial charge on any atom is -0.349 e. The maximum absolute atomic E-state index is 13.2. The van der Waals surface area contributed by atoms with E-state index >= 15 is 0 Å². The highest BCUT2D eigenvalue weighted by Crippen LogP contribution is 2.41. The first-order valence-corrected chi connectivity index (χ1v) is 9.19. The zero-order valence-corrected chi connectivity index (χ0v) is 15.7. The van der Waals surface area contributed by atoms with Crippen molar-refractivity contribution in [1.82, 2.24) is 14.7 Å². The van der Waals surface area contributed by atoms with Crippen LogP contribution in [0.4, 0.5) is 5.69 Å². The van der Waals surface area contributed by atoms with Gasteiger partial charge >= 0.3 is 0 Å². The summed E-state index contributed by atoms with van der Waals surface area (Å²) in [7, 11) is 3.49. The molecule has 7 heteroatoms. The van der Waals surface area contributed by atoms with Crippen LogP contribution in [0.5, 0.6) is 0 Å². The van der Waals surface area contributed by atoms with Gasteiger partial charge in [0.1, 0.15) is 0 Å². The molecule has 1 aromatic carbocycles. The molecule has 1 atom stereocenters. The van der Waals surface area contributed by atoms with Gasteiger partial charge in [0.05, 0.1) is 17.5 Å². The minimum absolute atomic E-state index is 0.0432. The first kappa shape index (κ1) is 17.1. The molecule has 0 aliphatic carbocycles. The summed E-state index contributed by atoms with van der Waals surface area (Å²) in [6.45, 7) is 1.35.